The number of rotatable bonds is 3. The van der Waals surface area contributed by atoms with Crippen LogP contribution in [0.1, 0.15) is 24.9 Å². The zero-order chi connectivity index (χ0) is 10.8. The number of sulfone groups is 1. The molecule has 0 aliphatic heterocycles. The Labute approximate surface area is 84.1 Å². The van der Waals surface area contributed by atoms with Gasteiger partial charge in [-0.15, -0.1) is 0 Å². The Morgan fingerprint density at radius 2 is 2.14 bits per heavy atom. The van der Waals surface area contributed by atoms with Gasteiger partial charge in [-0.2, -0.15) is 0 Å². The minimum atomic E-state index is -3.20. The van der Waals surface area contributed by atoms with Crippen LogP contribution in [0.2, 0.25) is 0 Å². The molecule has 0 aliphatic carbocycles. The van der Waals surface area contributed by atoms with E-state index in [1.807, 2.05) is 6.92 Å². The lowest BCUT2D eigenvalue weighted by Crippen LogP contribution is -2.10. The monoisotopic (exact) mass is 214 g/mol. The molecule has 1 rings (SSSR count). The molecule has 4 nitrogen and oxygen atoms in total. The SMILES string of the molecule is CC[C@H](N)c1ccc(S(C)(=O)=O)nc1. The van der Waals surface area contributed by atoms with Gasteiger partial charge in [0, 0.05) is 18.5 Å². The number of nitrogens with two attached hydrogens (primary N) is 1. The summed E-state index contributed by atoms with van der Waals surface area (Å²) in [6.07, 6.45) is 3.46. The van der Waals surface area contributed by atoms with E-state index < -0.39 is 9.84 Å². The second-order valence-corrected chi connectivity index (χ2v) is 5.18. The third kappa shape index (κ3) is 2.52. The van der Waals surface area contributed by atoms with Gasteiger partial charge < -0.3 is 5.73 Å². The molecule has 78 valence electrons. The first-order valence-electron chi connectivity index (χ1n) is 4.36. The van der Waals surface area contributed by atoms with Crippen LogP contribution >= 0.6 is 0 Å². The van der Waals surface area contributed by atoms with Crippen molar-refractivity contribution in [1.82, 2.24) is 4.98 Å². The van der Waals surface area contributed by atoms with Crippen LogP contribution in [0.5, 0.6) is 0 Å². The highest BCUT2D eigenvalue weighted by molar-refractivity contribution is 7.90. The molecule has 0 spiro atoms. The Hall–Kier alpha value is -0.940. The van der Waals surface area contributed by atoms with Gasteiger partial charge in [-0.1, -0.05) is 13.0 Å². The summed E-state index contributed by atoms with van der Waals surface area (Å²) in [5.41, 5.74) is 6.62. The summed E-state index contributed by atoms with van der Waals surface area (Å²) in [5.74, 6) is 0. The highest BCUT2D eigenvalue weighted by atomic mass is 32.2. The van der Waals surface area contributed by atoms with Crippen molar-refractivity contribution < 1.29 is 8.42 Å². The van der Waals surface area contributed by atoms with Crippen molar-refractivity contribution in [3.8, 4) is 0 Å². The fraction of sp³-hybridized carbons (Fsp3) is 0.444. The summed E-state index contributed by atoms with van der Waals surface area (Å²) in [5, 5.41) is 0.0875. The molecular weight excluding hydrogens is 200 g/mol. The molecule has 1 atom stereocenters. The third-order valence-corrected chi connectivity index (χ3v) is 3.01. The smallest absolute Gasteiger partial charge is 0.192 e. The molecular formula is C9H14N2O2S. The first-order valence-corrected chi connectivity index (χ1v) is 6.26. The lowest BCUT2D eigenvalue weighted by Gasteiger charge is -2.08. The van der Waals surface area contributed by atoms with E-state index in [0.29, 0.717) is 0 Å². The second kappa shape index (κ2) is 4.06. The van der Waals surface area contributed by atoms with Crippen LogP contribution in [-0.2, 0) is 9.84 Å². The van der Waals surface area contributed by atoms with Crippen molar-refractivity contribution in [3.63, 3.8) is 0 Å². The van der Waals surface area contributed by atoms with Crippen LogP contribution in [0.3, 0.4) is 0 Å². The van der Waals surface area contributed by atoms with Crippen LogP contribution in [0.15, 0.2) is 23.4 Å². The van der Waals surface area contributed by atoms with Crippen LogP contribution < -0.4 is 5.73 Å². The maximum absolute atomic E-state index is 11.1. The predicted molar refractivity (Wildman–Crippen MR) is 54.6 cm³/mol. The molecule has 1 aromatic rings. The van der Waals surface area contributed by atoms with E-state index in [0.717, 1.165) is 18.2 Å². The van der Waals surface area contributed by atoms with Crippen molar-refractivity contribution >= 4 is 9.84 Å². The van der Waals surface area contributed by atoms with Gasteiger partial charge in [-0.3, -0.25) is 0 Å². The van der Waals surface area contributed by atoms with Crippen molar-refractivity contribution in [3.05, 3.63) is 23.9 Å². The maximum Gasteiger partial charge on any atom is 0.192 e. The molecule has 1 aromatic heterocycles. The Morgan fingerprint density at radius 1 is 1.50 bits per heavy atom. The Bertz CT molecular complexity index is 397. The lowest BCUT2D eigenvalue weighted by molar-refractivity contribution is 0.597. The van der Waals surface area contributed by atoms with E-state index in [-0.39, 0.29) is 11.1 Å². The fourth-order valence-corrected chi connectivity index (χ4v) is 1.63. The number of aromatic nitrogens is 1. The van der Waals surface area contributed by atoms with Gasteiger partial charge in [0.05, 0.1) is 0 Å². The van der Waals surface area contributed by atoms with Gasteiger partial charge in [0.25, 0.3) is 0 Å². The molecule has 0 radical (unpaired) electrons. The molecule has 0 aliphatic rings. The van der Waals surface area contributed by atoms with E-state index in [4.69, 9.17) is 5.73 Å². The number of hydrogen-bond acceptors (Lipinski definition) is 4. The van der Waals surface area contributed by atoms with E-state index in [2.05, 4.69) is 4.98 Å². The quantitative estimate of drug-likeness (QED) is 0.811. The summed E-state index contributed by atoms with van der Waals surface area (Å²) in [4.78, 5) is 3.85. The minimum absolute atomic E-state index is 0.0730. The molecule has 0 unspecified atom stereocenters. The lowest BCUT2D eigenvalue weighted by atomic mass is 10.1. The summed E-state index contributed by atoms with van der Waals surface area (Å²) < 4.78 is 22.2. The van der Waals surface area contributed by atoms with Crippen molar-refractivity contribution in [2.24, 2.45) is 5.73 Å². The fourth-order valence-electron chi connectivity index (χ4n) is 1.07. The van der Waals surface area contributed by atoms with Gasteiger partial charge in [0.15, 0.2) is 14.9 Å². The maximum atomic E-state index is 11.1. The molecule has 0 saturated heterocycles. The molecule has 0 saturated carbocycles. The average Bonchev–Trinajstić information content (AvgIpc) is 2.15. The predicted octanol–water partition coefficient (Wildman–Crippen LogP) is 0.895. The molecule has 0 amide bonds. The first kappa shape index (κ1) is 11.1. The van der Waals surface area contributed by atoms with Gasteiger partial charge >= 0.3 is 0 Å². The van der Waals surface area contributed by atoms with Gasteiger partial charge in [0.1, 0.15) is 0 Å². The zero-order valence-corrected chi connectivity index (χ0v) is 9.08. The third-order valence-electron chi connectivity index (χ3n) is 2.01. The molecule has 0 fully saturated rings. The van der Waals surface area contributed by atoms with Crippen LogP contribution in [-0.4, -0.2) is 19.7 Å². The Morgan fingerprint density at radius 3 is 2.50 bits per heavy atom. The normalized spacial score (nSPS) is 13.9. The first-order chi connectivity index (χ1) is 6.45. The Kier molecular flexibility index (Phi) is 3.23. The zero-order valence-electron chi connectivity index (χ0n) is 8.27. The van der Waals surface area contributed by atoms with E-state index in [9.17, 15) is 8.42 Å². The molecule has 1 heterocycles. The number of hydrogen-bond donors (Lipinski definition) is 1. The second-order valence-electron chi connectivity index (χ2n) is 3.22. The van der Waals surface area contributed by atoms with Gasteiger partial charge in [-0.05, 0) is 18.1 Å². The van der Waals surface area contributed by atoms with E-state index >= 15 is 0 Å². The largest absolute Gasteiger partial charge is 0.324 e. The molecule has 0 bridgehead atoms. The summed E-state index contributed by atoms with van der Waals surface area (Å²) in [6, 6.07) is 3.12. The Balaban J connectivity index is 3.01. The van der Waals surface area contributed by atoms with Crippen molar-refractivity contribution in [2.75, 3.05) is 6.26 Å². The summed E-state index contributed by atoms with van der Waals surface area (Å²) in [6.45, 7) is 1.97. The van der Waals surface area contributed by atoms with Crippen molar-refractivity contribution in [1.29, 1.82) is 0 Å². The summed E-state index contributed by atoms with van der Waals surface area (Å²) in [7, 11) is -3.20. The van der Waals surface area contributed by atoms with Gasteiger partial charge in [-0.25, -0.2) is 13.4 Å². The molecule has 5 heteroatoms. The van der Waals surface area contributed by atoms with E-state index in [1.54, 1.807) is 6.07 Å². The summed E-state index contributed by atoms with van der Waals surface area (Å²) >= 11 is 0. The molecule has 2 N–H and O–H groups in total. The standard InChI is InChI=1S/C9H14N2O2S/c1-3-8(10)7-4-5-9(11-6-7)14(2,12)13/h4-6,8H,3,10H2,1-2H3/t8-/m0/s1. The average molecular weight is 214 g/mol. The molecule has 14 heavy (non-hydrogen) atoms. The molecule has 0 aromatic carbocycles. The topological polar surface area (TPSA) is 73.1 Å². The highest BCUT2D eigenvalue weighted by Crippen LogP contribution is 2.14. The van der Waals surface area contributed by atoms with Crippen LogP contribution in [0.4, 0.5) is 0 Å². The van der Waals surface area contributed by atoms with Crippen LogP contribution in [0.25, 0.3) is 0 Å². The van der Waals surface area contributed by atoms with E-state index in [1.165, 1.54) is 12.3 Å². The number of nitrogens with zero attached hydrogens (tertiary/aromatic N) is 1. The van der Waals surface area contributed by atoms with Crippen LogP contribution in [0, 0.1) is 0 Å². The highest BCUT2D eigenvalue weighted by Gasteiger charge is 2.09. The van der Waals surface area contributed by atoms with Crippen molar-refractivity contribution in [2.45, 2.75) is 24.4 Å². The minimum Gasteiger partial charge on any atom is -0.324 e. The number of pyridine rings is 1. The van der Waals surface area contributed by atoms with Gasteiger partial charge in [0.2, 0.25) is 0 Å².